The third-order valence-corrected chi connectivity index (χ3v) is 3.08. The number of hydrogen-bond donors (Lipinski definition) is 0. The molecule has 0 spiro atoms. The minimum atomic E-state index is -0.374. The van der Waals surface area contributed by atoms with Crippen LogP contribution >= 0.6 is 0 Å². The molecule has 1 aliphatic rings. The van der Waals surface area contributed by atoms with Gasteiger partial charge in [0.05, 0.1) is 12.0 Å². The van der Waals surface area contributed by atoms with Crippen LogP contribution in [-0.4, -0.2) is 12.6 Å². The predicted molar refractivity (Wildman–Crippen MR) is 54.0 cm³/mol. The molecule has 0 aliphatic carbocycles. The fraction of sp³-hybridized carbons (Fsp3) is 0.417. The Balaban J connectivity index is 2.43. The minimum Gasteiger partial charge on any atom is -0.465 e. The number of hydrogen-bond acceptors (Lipinski definition) is 2. The number of cyclic esters (lactones) is 1. The third-order valence-electron chi connectivity index (χ3n) is 3.08. The van der Waals surface area contributed by atoms with Gasteiger partial charge in [-0.25, -0.2) is 0 Å². The van der Waals surface area contributed by atoms with Crippen LogP contribution < -0.4 is 0 Å². The number of rotatable bonds is 2. The lowest BCUT2D eigenvalue weighted by Crippen LogP contribution is -2.30. The van der Waals surface area contributed by atoms with Crippen LogP contribution in [0.2, 0.25) is 0 Å². The Kier molecular flexibility index (Phi) is 2.28. The Hall–Kier alpha value is -1.31. The molecule has 0 radical (unpaired) electrons. The van der Waals surface area contributed by atoms with E-state index in [2.05, 4.69) is 0 Å². The molecule has 0 N–H and O–H groups in total. The standard InChI is InChI=1S/C12H14O2/c1-2-12(8-9-14-11(12)13)10-6-4-3-5-7-10/h3-7H,2,8-9H2,1H3. The lowest BCUT2D eigenvalue weighted by atomic mass is 9.77. The van der Waals surface area contributed by atoms with Crippen LogP contribution in [0.15, 0.2) is 30.3 Å². The van der Waals surface area contributed by atoms with Gasteiger partial charge in [0.1, 0.15) is 0 Å². The fourth-order valence-electron chi connectivity index (χ4n) is 2.10. The number of esters is 1. The summed E-state index contributed by atoms with van der Waals surface area (Å²) in [5, 5.41) is 0. The van der Waals surface area contributed by atoms with E-state index in [4.69, 9.17) is 4.74 Å². The largest absolute Gasteiger partial charge is 0.465 e. The van der Waals surface area contributed by atoms with Crippen LogP contribution in [-0.2, 0) is 14.9 Å². The SMILES string of the molecule is CCC1(c2ccccc2)CCOC1=O. The second-order valence-electron chi connectivity index (χ2n) is 3.69. The highest BCUT2D eigenvalue weighted by atomic mass is 16.5. The first-order valence-electron chi connectivity index (χ1n) is 5.02. The summed E-state index contributed by atoms with van der Waals surface area (Å²) in [6.45, 7) is 2.60. The van der Waals surface area contributed by atoms with Crippen molar-refractivity contribution >= 4 is 5.97 Å². The van der Waals surface area contributed by atoms with Gasteiger partial charge in [0.25, 0.3) is 0 Å². The van der Waals surface area contributed by atoms with Crippen LogP contribution in [0.1, 0.15) is 25.3 Å². The van der Waals surface area contributed by atoms with Crippen molar-refractivity contribution in [3.63, 3.8) is 0 Å². The molecule has 1 heterocycles. The predicted octanol–water partition coefficient (Wildman–Crippen LogP) is 2.28. The number of benzene rings is 1. The Morgan fingerprint density at radius 1 is 1.36 bits per heavy atom. The number of ether oxygens (including phenoxy) is 1. The van der Waals surface area contributed by atoms with E-state index in [0.29, 0.717) is 6.61 Å². The average Bonchev–Trinajstić information content (AvgIpc) is 2.62. The van der Waals surface area contributed by atoms with E-state index < -0.39 is 0 Å². The zero-order chi connectivity index (χ0) is 10.0. The summed E-state index contributed by atoms with van der Waals surface area (Å²) in [5.41, 5.74) is 0.714. The van der Waals surface area contributed by atoms with Gasteiger partial charge in [0, 0.05) is 6.42 Å². The molecular formula is C12H14O2. The molecule has 0 saturated carbocycles. The van der Waals surface area contributed by atoms with Crippen molar-refractivity contribution in [2.75, 3.05) is 6.61 Å². The third kappa shape index (κ3) is 1.22. The smallest absolute Gasteiger partial charge is 0.316 e. The van der Waals surface area contributed by atoms with Gasteiger partial charge in [0.2, 0.25) is 0 Å². The quantitative estimate of drug-likeness (QED) is 0.669. The van der Waals surface area contributed by atoms with Crippen molar-refractivity contribution in [2.45, 2.75) is 25.2 Å². The summed E-state index contributed by atoms with van der Waals surface area (Å²) in [5.74, 6) is -0.0637. The molecule has 1 aromatic rings. The van der Waals surface area contributed by atoms with Crippen molar-refractivity contribution < 1.29 is 9.53 Å². The van der Waals surface area contributed by atoms with Gasteiger partial charge in [-0.15, -0.1) is 0 Å². The molecule has 1 fully saturated rings. The average molecular weight is 190 g/mol. The number of carbonyl (C=O) groups excluding carboxylic acids is 1. The molecule has 2 rings (SSSR count). The zero-order valence-electron chi connectivity index (χ0n) is 8.32. The molecule has 0 bridgehead atoms. The van der Waals surface area contributed by atoms with E-state index in [9.17, 15) is 4.79 Å². The molecule has 1 atom stereocenters. The van der Waals surface area contributed by atoms with E-state index in [1.165, 1.54) is 0 Å². The summed E-state index contributed by atoms with van der Waals surface area (Å²) in [7, 11) is 0. The maximum atomic E-state index is 11.7. The van der Waals surface area contributed by atoms with Crippen LogP contribution in [0, 0.1) is 0 Å². The van der Waals surface area contributed by atoms with Gasteiger partial charge < -0.3 is 4.74 Å². The first-order valence-corrected chi connectivity index (χ1v) is 5.02. The maximum absolute atomic E-state index is 11.7. The Bertz CT molecular complexity index is 331. The van der Waals surface area contributed by atoms with Crippen molar-refractivity contribution in [2.24, 2.45) is 0 Å². The van der Waals surface area contributed by atoms with Gasteiger partial charge in [-0.05, 0) is 12.0 Å². The molecule has 2 nitrogen and oxygen atoms in total. The highest BCUT2D eigenvalue weighted by Gasteiger charge is 2.44. The van der Waals surface area contributed by atoms with Gasteiger partial charge >= 0.3 is 5.97 Å². The molecule has 1 saturated heterocycles. The van der Waals surface area contributed by atoms with Gasteiger partial charge in [-0.1, -0.05) is 37.3 Å². The van der Waals surface area contributed by atoms with Crippen molar-refractivity contribution in [3.8, 4) is 0 Å². The van der Waals surface area contributed by atoms with E-state index in [-0.39, 0.29) is 11.4 Å². The molecule has 0 aromatic heterocycles. The highest BCUT2D eigenvalue weighted by Crippen LogP contribution is 2.37. The number of carbonyl (C=O) groups is 1. The van der Waals surface area contributed by atoms with Crippen LogP contribution in [0.4, 0.5) is 0 Å². The Labute approximate surface area is 83.9 Å². The summed E-state index contributed by atoms with van der Waals surface area (Å²) in [6, 6.07) is 9.93. The summed E-state index contributed by atoms with van der Waals surface area (Å²) in [6.07, 6.45) is 1.63. The first-order chi connectivity index (χ1) is 6.79. The van der Waals surface area contributed by atoms with Gasteiger partial charge in [-0.2, -0.15) is 0 Å². The molecule has 1 aromatic carbocycles. The Morgan fingerprint density at radius 3 is 2.57 bits per heavy atom. The van der Waals surface area contributed by atoms with E-state index >= 15 is 0 Å². The van der Waals surface area contributed by atoms with Gasteiger partial charge in [-0.3, -0.25) is 4.79 Å². The monoisotopic (exact) mass is 190 g/mol. The van der Waals surface area contributed by atoms with Crippen LogP contribution in [0.5, 0.6) is 0 Å². The van der Waals surface area contributed by atoms with Crippen LogP contribution in [0.3, 0.4) is 0 Å². The molecule has 1 unspecified atom stereocenters. The molecule has 74 valence electrons. The first kappa shape index (κ1) is 9.25. The van der Waals surface area contributed by atoms with Crippen molar-refractivity contribution in [1.29, 1.82) is 0 Å². The fourth-order valence-corrected chi connectivity index (χ4v) is 2.10. The molecule has 2 heteroatoms. The topological polar surface area (TPSA) is 26.3 Å². The van der Waals surface area contributed by atoms with E-state index in [1.54, 1.807) is 0 Å². The summed E-state index contributed by atoms with van der Waals surface area (Å²) >= 11 is 0. The lowest BCUT2D eigenvalue weighted by Gasteiger charge is -2.22. The zero-order valence-corrected chi connectivity index (χ0v) is 8.32. The highest BCUT2D eigenvalue weighted by molar-refractivity contribution is 5.84. The van der Waals surface area contributed by atoms with Crippen molar-refractivity contribution in [3.05, 3.63) is 35.9 Å². The molecule has 0 amide bonds. The molecule has 1 aliphatic heterocycles. The Morgan fingerprint density at radius 2 is 2.07 bits per heavy atom. The van der Waals surface area contributed by atoms with Crippen LogP contribution in [0.25, 0.3) is 0 Å². The van der Waals surface area contributed by atoms with E-state index in [0.717, 1.165) is 18.4 Å². The lowest BCUT2D eigenvalue weighted by molar-refractivity contribution is -0.142. The van der Waals surface area contributed by atoms with E-state index in [1.807, 2.05) is 37.3 Å². The van der Waals surface area contributed by atoms with Gasteiger partial charge in [0.15, 0.2) is 0 Å². The minimum absolute atomic E-state index is 0.0637. The maximum Gasteiger partial charge on any atom is 0.316 e. The molecular weight excluding hydrogens is 176 g/mol. The molecule has 14 heavy (non-hydrogen) atoms. The second-order valence-corrected chi connectivity index (χ2v) is 3.69. The summed E-state index contributed by atoms with van der Waals surface area (Å²) in [4.78, 5) is 11.7. The second kappa shape index (κ2) is 3.45. The summed E-state index contributed by atoms with van der Waals surface area (Å²) < 4.78 is 5.08. The van der Waals surface area contributed by atoms with Crippen molar-refractivity contribution in [1.82, 2.24) is 0 Å². The normalized spacial score (nSPS) is 26.2.